The molecule has 0 saturated heterocycles. The van der Waals surface area contributed by atoms with Gasteiger partial charge in [0.1, 0.15) is 12.6 Å². The van der Waals surface area contributed by atoms with Crippen molar-refractivity contribution in [2.75, 3.05) is 10.8 Å². The highest BCUT2D eigenvalue weighted by Crippen LogP contribution is 2.30. The molecule has 1 atom stereocenters. The first-order valence-corrected chi connectivity index (χ1v) is 16.9. The van der Waals surface area contributed by atoms with E-state index in [0.29, 0.717) is 33.3 Å². The molecule has 3 aromatic rings. The summed E-state index contributed by atoms with van der Waals surface area (Å²) < 4.78 is 29.3. The molecular formula is C33H39Cl2N3O4S. The molecule has 43 heavy (non-hydrogen) atoms. The molecule has 2 amide bonds. The van der Waals surface area contributed by atoms with Crippen LogP contribution in [0.2, 0.25) is 10.0 Å². The summed E-state index contributed by atoms with van der Waals surface area (Å²) in [4.78, 5) is 29.6. The van der Waals surface area contributed by atoms with Crippen molar-refractivity contribution in [3.8, 4) is 0 Å². The molecule has 1 aliphatic rings. The van der Waals surface area contributed by atoms with E-state index in [0.717, 1.165) is 42.0 Å². The first-order valence-electron chi connectivity index (χ1n) is 14.7. The van der Waals surface area contributed by atoms with E-state index in [4.69, 9.17) is 23.2 Å². The fraction of sp³-hybridized carbons (Fsp3) is 0.394. The zero-order valence-corrected chi connectivity index (χ0v) is 27.2. The standard InChI is InChI=1S/C33H39Cl2N3O4S/c1-4-30(33(40)36-25-12-7-5-8-13-25)37(21-27-28(34)16-11-17-29(27)35)32(39)22-38(31-20-23(2)18-19-24(31)3)43(41,42)26-14-9-6-10-15-26/h6,9-11,14-20,25,30H,4-5,7-8,12-13,21-22H2,1-3H3,(H,36,40)/t30-/m0/s1. The highest BCUT2D eigenvalue weighted by Gasteiger charge is 2.35. The molecule has 7 nitrogen and oxygen atoms in total. The van der Waals surface area contributed by atoms with Crippen molar-refractivity contribution in [3.05, 3.63) is 93.5 Å². The lowest BCUT2D eigenvalue weighted by atomic mass is 9.95. The summed E-state index contributed by atoms with van der Waals surface area (Å²) in [7, 11) is -4.15. The van der Waals surface area contributed by atoms with Gasteiger partial charge in [0, 0.05) is 28.2 Å². The van der Waals surface area contributed by atoms with Crippen LogP contribution in [0.25, 0.3) is 0 Å². The van der Waals surface area contributed by atoms with Gasteiger partial charge >= 0.3 is 0 Å². The lowest BCUT2D eigenvalue weighted by molar-refractivity contribution is -0.140. The average molecular weight is 645 g/mol. The Morgan fingerprint density at radius 1 is 0.930 bits per heavy atom. The Labute approximate surface area is 265 Å². The van der Waals surface area contributed by atoms with E-state index in [9.17, 15) is 18.0 Å². The predicted molar refractivity (Wildman–Crippen MR) is 173 cm³/mol. The third-order valence-electron chi connectivity index (χ3n) is 7.97. The van der Waals surface area contributed by atoms with Gasteiger partial charge in [-0.25, -0.2) is 8.42 Å². The zero-order chi connectivity index (χ0) is 31.1. The monoisotopic (exact) mass is 643 g/mol. The number of aryl methyl sites for hydroxylation is 2. The molecule has 1 fully saturated rings. The summed E-state index contributed by atoms with van der Waals surface area (Å²) >= 11 is 13.0. The highest BCUT2D eigenvalue weighted by molar-refractivity contribution is 7.92. The van der Waals surface area contributed by atoms with Crippen LogP contribution < -0.4 is 9.62 Å². The summed E-state index contributed by atoms with van der Waals surface area (Å²) in [5, 5.41) is 3.86. The van der Waals surface area contributed by atoms with Gasteiger partial charge in [-0.2, -0.15) is 0 Å². The van der Waals surface area contributed by atoms with Gasteiger partial charge in [-0.1, -0.05) is 85.8 Å². The lowest BCUT2D eigenvalue weighted by Gasteiger charge is -2.35. The van der Waals surface area contributed by atoms with Crippen LogP contribution in [0, 0.1) is 13.8 Å². The van der Waals surface area contributed by atoms with E-state index in [1.54, 1.807) is 49.4 Å². The number of hydrogen-bond acceptors (Lipinski definition) is 4. The summed E-state index contributed by atoms with van der Waals surface area (Å²) in [6, 6.07) is 17.8. The largest absolute Gasteiger partial charge is 0.352 e. The molecule has 1 aliphatic carbocycles. The number of halogens is 2. The fourth-order valence-corrected chi connectivity index (χ4v) is 7.55. The van der Waals surface area contributed by atoms with Crippen LogP contribution in [0.1, 0.15) is 62.1 Å². The summed E-state index contributed by atoms with van der Waals surface area (Å²) in [6.45, 7) is 4.94. The molecule has 4 rings (SSSR count). The molecule has 0 radical (unpaired) electrons. The Balaban J connectivity index is 1.76. The van der Waals surface area contributed by atoms with Gasteiger partial charge in [0.2, 0.25) is 11.8 Å². The van der Waals surface area contributed by atoms with E-state index >= 15 is 0 Å². The molecule has 0 unspecified atom stereocenters. The quantitative estimate of drug-likeness (QED) is 0.242. The third kappa shape index (κ3) is 7.91. The van der Waals surface area contributed by atoms with Gasteiger partial charge in [-0.3, -0.25) is 13.9 Å². The number of nitrogens with one attached hydrogen (secondary N) is 1. The highest BCUT2D eigenvalue weighted by atomic mass is 35.5. The molecule has 1 N–H and O–H groups in total. The van der Waals surface area contributed by atoms with Gasteiger partial charge in [-0.15, -0.1) is 0 Å². The predicted octanol–water partition coefficient (Wildman–Crippen LogP) is 7.06. The normalized spacial score (nSPS) is 14.6. The van der Waals surface area contributed by atoms with Crippen LogP contribution in [0.5, 0.6) is 0 Å². The molecule has 230 valence electrons. The molecule has 0 spiro atoms. The Hall–Kier alpha value is -3.07. The zero-order valence-electron chi connectivity index (χ0n) is 24.9. The van der Waals surface area contributed by atoms with Crippen LogP contribution in [0.15, 0.2) is 71.6 Å². The van der Waals surface area contributed by atoms with Crippen molar-refractivity contribution in [2.45, 2.75) is 82.8 Å². The first-order chi connectivity index (χ1) is 20.5. The number of rotatable bonds is 11. The van der Waals surface area contributed by atoms with Gasteiger partial charge in [0.05, 0.1) is 10.6 Å². The van der Waals surface area contributed by atoms with Crippen molar-refractivity contribution >= 4 is 50.7 Å². The number of amides is 2. The Kier molecular flexibility index (Phi) is 11.2. The minimum Gasteiger partial charge on any atom is -0.352 e. The van der Waals surface area contributed by atoms with Crippen molar-refractivity contribution < 1.29 is 18.0 Å². The molecule has 0 aromatic heterocycles. The maximum atomic E-state index is 14.4. The van der Waals surface area contributed by atoms with Crippen molar-refractivity contribution in [2.24, 2.45) is 0 Å². The van der Waals surface area contributed by atoms with Crippen LogP contribution in [0.3, 0.4) is 0 Å². The number of hydrogen-bond donors (Lipinski definition) is 1. The Morgan fingerprint density at radius 3 is 2.21 bits per heavy atom. The SMILES string of the molecule is CC[C@@H](C(=O)NC1CCCCC1)N(Cc1c(Cl)cccc1Cl)C(=O)CN(c1cc(C)ccc1C)S(=O)(=O)c1ccccc1. The third-order valence-corrected chi connectivity index (χ3v) is 10.5. The minimum absolute atomic E-state index is 0.0426. The second-order valence-corrected chi connectivity index (χ2v) is 13.8. The summed E-state index contributed by atoms with van der Waals surface area (Å²) in [5.41, 5.74) is 2.43. The van der Waals surface area contributed by atoms with Gasteiger partial charge in [-0.05, 0) is 74.6 Å². The number of carbonyl (C=O) groups excluding carboxylic acids is 2. The topological polar surface area (TPSA) is 86.8 Å². The number of benzene rings is 3. The maximum Gasteiger partial charge on any atom is 0.264 e. The second kappa shape index (κ2) is 14.6. The lowest BCUT2D eigenvalue weighted by Crippen LogP contribution is -2.54. The van der Waals surface area contributed by atoms with E-state index in [1.165, 1.54) is 17.0 Å². The van der Waals surface area contributed by atoms with Crippen LogP contribution >= 0.6 is 23.2 Å². The van der Waals surface area contributed by atoms with Crippen LogP contribution in [-0.4, -0.2) is 43.8 Å². The molecule has 0 aliphatic heterocycles. The molecular weight excluding hydrogens is 605 g/mol. The van der Waals surface area contributed by atoms with Crippen molar-refractivity contribution in [1.82, 2.24) is 10.2 Å². The van der Waals surface area contributed by atoms with E-state index in [2.05, 4.69) is 5.32 Å². The maximum absolute atomic E-state index is 14.4. The minimum atomic E-state index is -4.15. The van der Waals surface area contributed by atoms with E-state index < -0.39 is 28.5 Å². The average Bonchev–Trinajstić information content (AvgIpc) is 2.99. The van der Waals surface area contributed by atoms with E-state index in [1.807, 2.05) is 26.0 Å². The van der Waals surface area contributed by atoms with Crippen molar-refractivity contribution in [1.29, 1.82) is 0 Å². The van der Waals surface area contributed by atoms with Gasteiger partial charge in [0.15, 0.2) is 0 Å². The number of carbonyl (C=O) groups is 2. The Bertz CT molecular complexity index is 1520. The second-order valence-electron chi connectivity index (χ2n) is 11.1. The smallest absolute Gasteiger partial charge is 0.264 e. The molecule has 0 heterocycles. The van der Waals surface area contributed by atoms with Gasteiger partial charge in [0.25, 0.3) is 10.0 Å². The number of nitrogens with zero attached hydrogens (tertiary/aromatic N) is 2. The van der Waals surface area contributed by atoms with Crippen molar-refractivity contribution in [3.63, 3.8) is 0 Å². The number of sulfonamides is 1. The molecule has 1 saturated carbocycles. The van der Waals surface area contributed by atoms with E-state index in [-0.39, 0.29) is 23.4 Å². The fourth-order valence-electron chi connectivity index (χ4n) is 5.54. The summed E-state index contributed by atoms with van der Waals surface area (Å²) in [6.07, 6.45) is 5.33. The van der Waals surface area contributed by atoms with Gasteiger partial charge < -0.3 is 10.2 Å². The Morgan fingerprint density at radius 2 is 1.58 bits per heavy atom. The number of anilines is 1. The summed E-state index contributed by atoms with van der Waals surface area (Å²) in [5.74, 6) is -0.808. The molecule has 10 heteroatoms. The van der Waals surface area contributed by atoms with Crippen LogP contribution in [-0.2, 0) is 26.2 Å². The molecule has 3 aromatic carbocycles. The van der Waals surface area contributed by atoms with Crippen LogP contribution in [0.4, 0.5) is 5.69 Å². The molecule has 0 bridgehead atoms. The first kappa shape index (κ1) is 32.8.